The molecule has 1 nitrogen and oxygen atoms in total. The van der Waals surface area contributed by atoms with Crippen LogP contribution in [0, 0.1) is 0 Å². The lowest BCUT2D eigenvalue weighted by Crippen LogP contribution is -2.03. The van der Waals surface area contributed by atoms with Crippen LogP contribution in [-0.4, -0.2) is 0 Å². The standard InChI is InChI=1S/C12H11NS/c1-2-4-11-9(3-1)7-12(13-11)10-5-6-14-8-10/h1-6,8,12-13H,7H2. The van der Waals surface area contributed by atoms with Crippen LogP contribution in [0.2, 0.25) is 0 Å². The second-order valence-electron chi connectivity index (χ2n) is 3.61. The van der Waals surface area contributed by atoms with Crippen molar-refractivity contribution in [3.63, 3.8) is 0 Å². The number of benzene rings is 1. The van der Waals surface area contributed by atoms with E-state index >= 15 is 0 Å². The van der Waals surface area contributed by atoms with Crippen molar-refractivity contribution in [2.75, 3.05) is 5.32 Å². The topological polar surface area (TPSA) is 12.0 Å². The van der Waals surface area contributed by atoms with Crippen LogP contribution < -0.4 is 5.32 Å². The molecule has 2 heteroatoms. The first-order valence-corrected chi connectivity index (χ1v) is 5.74. The van der Waals surface area contributed by atoms with Crippen LogP contribution in [0.25, 0.3) is 0 Å². The van der Waals surface area contributed by atoms with E-state index < -0.39 is 0 Å². The molecule has 1 atom stereocenters. The SMILES string of the molecule is c1ccc2c(c1)CC(c1ccsc1)N2. The van der Waals surface area contributed by atoms with Crippen LogP contribution in [0.1, 0.15) is 17.2 Å². The van der Waals surface area contributed by atoms with E-state index in [0.29, 0.717) is 6.04 Å². The number of para-hydroxylation sites is 1. The lowest BCUT2D eigenvalue weighted by atomic mass is 10.1. The second-order valence-corrected chi connectivity index (χ2v) is 4.39. The van der Waals surface area contributed by atoms with Gasteiger partial charge in [0.25, 0.3) is 0 Å². The van der Waals surface area contributed by atoms with Gasteiger partial charge in [0.2, 0.25) is 0 Å². The molecule has 0 radical (unpaired) electrons. The molecule has 0 fully saturated rings. The van der Waals surface area contributed by atoms with Gasteiger partial charge >= 0.3 is 0 Å². The molecule has 0 bridgehead atoms. The Morgan fingerprint density at radius 2 is 2.14 bits per heavy atom. The van der Waals surface area contributed by atoms with E-state index in [0.717, 1.165) is 6.42 Å². The highest BCUT2D eigenvalue weighted by atomic mass is 32.1. The Morgan fingerprint density at radius 1 is 1.21 bits per heavy atom. The molecule has 2 heterocycles. The van der Waals surface area contributed by atoms with Crippen molar-refractivity contribution in [1.82, 2.24) is 0 Å². The van der Waals surface area contributed by atoms with Crippen molar-refractivity contribution in [2.24, 2.45) is 0 Å². The van der Waals surface area contributed by atoms with Crippen molar-refractivity contribution in [1.29, 1.82) is 0 Å². The van der Waals surface area contributed by atoms with Gasteiger partial charge in [0.15, 0.2) is 0 Å². The van der Waals surface area contributed by atoms with Crippen molar-refractivity contribution in [2.45, 2.75) is 12.5 Å². The van der Waals surface area contributed by atoms with Gasteiger partial charge in [-0.1, -0.05) is 18.2 Å². The van der Waals surface area contributed by atoms with Crippen molar-refractivity contribution in [3.8, 4) is 0 Å². The van der Waals surface area contributed by atoms with Gasteiger partial charge in [0, 0.05) is 5.69 Å². The first kappa shape index (κ1) is 8.06. The summed E-state index contributed by atoms with van der Waals surface area (Å²) in [6.07, 6.45) is 1.12. The van der Waals surface area contributed by atoms with Crippen LogP contribution in [0.3, 0.4) is 0 Å². The second kappa shape index (κ2) is 3.14. The van der Waals surface area contributed by atoms with Crippen LogP contribution in [-0.2, 0) is 6.42 Å². The first-order valence-electron chi connectivity index (χ1n) is 4.80. The van der Waals surface area contributed by atoms with Crippen LogP contribution in [0.4, 0.5) is 5.69 Å². The minimum atomic E-state index is 0.485. The molecular weight excluding hydrogens is 190 g/mol. The number of rotatable bonds is 1. The zero-order chi connectivity index (χ0) is 9.38. The van der Waals surface area contributed by atoms with Gasteiger partial charge < -0.3 is 5.32 Å². The van der Waals surface area contributed by atoms with Crippen LogP contribution >= 0.6 is 11.3 Å². The smallest absolute Gasteiger partial charge is 0.0563 e. The predicted octanol–water partition coefficient (Wildman–Crippen LogP) is 3.46. The largest absolute Gasteiger partial charge is 0.378 e. The average molecular weight is 201 g/mol. The summed E-state index contributed by atoms with van der Waals surface area (Å²) in [6, 6.07) is 11.2. The number of hydrogen-bond donors (Lipinski definition) is 1. The molecule has 1 aromatic heterocycles. The summed E-state index contributed by atoms with van der Waals surface area (Å²) >= 11 is 1.77. The number of thiophene rings is 1. The highest BCUT2D eigenvalue weighted by molar-refractivity contribution is 7.08. The highest BCUT2D eigenvalue weighted by Crippen LogP contribution is 2.34. The quantitative estimate of drug-likeness (QED) is 0.745. The monoisotopic (exact) mass is 201 g/mol. The maximum atomic E-state index is 3.54. The normalized spacial score (nSPS) is 19.0. The van der Waals surface area contributed by atoms with E-state index in [-0.39, 0.29) is 0 Å². The molecule has 0 saturated carbocycles. The fourth-order valence-electron chi connectivity index (χ4n) is 1.97. The average Bonchev–Trinajstić information content (AvgIpc) is 2.86. The van der Waals surface area contributed by atoms with Crippen molar-refractivity contribution >= 4 is 17.0 Å². The highest BCUT2D eigenvalue weighted by Gasteiger charge is 2.21. The molecule has 1 N–H and O–H groups in total. The van der Waals surface area contributed by atoms with Gasteiger partial charge in [-0.15, -0.1) is 0 Å². The molecule has 1 unspecified atom stereocenters. The molecular formula is C12H11NS. The Morgan fingerprint density at radius 3 is 2.93 bits per heavy atom. The Bertz CT molecular complexity index is 408. The fourth-order valence-corrected chi connectivity index (χ4v) is 2.69. The summed E-state index contributed by atoms with van der Waals surface area (Å²) < 4.78 is 0. The number of nitrogens with one attached hydrogen (secondary N) is 1. The Balaban J connectivity index is 1.92. The molecule has 1 aromatic carbocycles. The number of anilines is 1. The molecule has 2 aromatic rings. The van der Waals surface area contributed by atoms with Gasteiger partial charge in [0.05, 0.1) is 6.04 Å². The maximum absolute atomic E-state index is 3.54. The first-order chi connectivity index (χ1) is 6.93. The lowest BCUT2D eigenvalue weighted by molar-refractivity contribution is 0.829. The number of fused-ring (bicyclic) bond motifs is 1. The molecule has 0 amide bonds. The van der Waals surface area contributed by atoms with Gasteiger partial charge in [-0.25, -0.2) is 0 Å². The third-order valence-corrected chi connectivity index (χ3v) is 3.42. The summed E-state index contributed by atoms with van der Waals surface area (Å²) in [5.41, 5.74) is 4.14. The molecule has 70 valence electrons. The molecule has 0 saturated heterocycles. The Hall–Kier alpha value is -1.28. The van der Waals surface area contributed by atoms with E-state index in [1.54, 1.807) is 11.3 Å². The van der Waals surface area contributed by atoms with E-state index in [4.69, 9.17) is 0 Å². The van der Waals surface area contributed by atoms with Gasteiger partial charge in [-0.2, -0.15) is 11.3 Å². The molecule has 0 aliphatic carbocycles. The Kier molecular flexibility index (Phi) is 1.81. The summed E-state index contributed by atoms with van der Waals surface area (Å²) in [4.78, 5) is 0. The predicted molar refractivity (Wildman–Crippen MR) is 60.8 cm³/mol. The lowest BCUT2D eigenvalue weighted by Gasteiger charge is -2.08. The van der Waals surface area contributed by atoms with E-state index in [1.807, 2.05) is 0 Å². The van der Waals surface area contributed by atoms with E-state index in [2.05, 4.69) is 46.4 Å². The third-order valence-electron chi connectivity index (χ3n) is 2.72. The Labute approximate surface area is 87.4 Å². The van der Waals surface area contributed by atoms with Gasteiger partial charge in [0.1, 0.15) is 0 Å². The minimum absolute atomic E-state index is 0.485. The number of hydrogen-bond acceptors (Lipinski definition) is 2. The van der Waals surface area contributed by atoms with Crippen molar-refractivity contribution < 1.29 is 0 Å². The summed E-state index contributed by atoms with van der Waals surface area (Å²) in [7, 11) is 0. The summed E-state index contributed by atoms with van der Waals surface area (Å²) in [5.74, 6) is 0. The molecule has 0 spiro atoms. The molecule has 14 heavy (non-hydrogen) atoms. The third kappa shape index (κ3) is 1.23. The molecule has 1 aliphatic heterocycles. The summed E-state index contributed by atoms with van der Waals surface area (Å²) in [5, 5.41) is 7.91. The summed E-state index contributed by atoms with van der Waals surface area (Å²) in [6.45, 7) is 0. The zero-order valence-corrected chi connectivity index (χ0v) is 8.55. The van der Waals surface area contributed by atoms with Gasteiger partial charge in [-0.05, 0) is 40.4 Å². The van der Waals surface area contributed by atoms with Crippen LogP contribution in [0.5, 0.6) is 0 Å². The van der Waals surface area contributed by atoms with E-state index in [9.17, 15) is 0 Å². The molecule has 1 aliphatic rings. The zero-order valence-electron chi connectivity index (χ0n) is 7.73. The maximum Gasteiger partial charge on any atom is 0.0563 e. The minimum Gasteiger partial charge on any atom is -0.378 e. The van der Waals surface area contributed by atoms with E-state index in [1.165, 1.54) is 16.8 Å². The fraction of sp³-hybridized carbons (Fsp3) is 0.167. The van der Waals surface area contributed by atoms with Gasteiger partial charge in [-0.3, -0.25) is 0 Å². The van der Waals surface area contributed by atoms with Crippen LogP contribution in [0.15, 0.2) is 41.1 Å². The van der Waals surface area contributed by atoms with Crippen molar-refractivity contribution in [3.05, 3.63) is 52.2 Å². The molecule has 3 rings (SSSR count).